The van der Waals surface area contributed by atoms with Crippen LogP contribution in [0.3, 0.4) is 0 Å². The van der Waals surface area contributed by atoms with Crippen LogP contribution in [0.2, 0.25) is 0 Å². The summed E-state index contributed by atoms with van der Waals surface area (Å²) in [6, 6.07) is 4.85. The average molecular weight is 512 g/mol. The van der Waals surface area contributed by atoms with E-state index in [-0.39, 0.29) is 104 Å². The summed E-state index contributed by atoms with van der Waals surface area (Å²) in [5.74, 6) is 1.05. The van der Waals surface area contributed by atoms with Gasteiger partial charge in [-0.1, -0.05) is 0 Å². The molecule has 6 heteroatoms. The quantitative estimate of drug-likeness (QED) is 0.605. The third-order valence-electron chi connectivity index (χ3n) is 2.07. The Morgan fingerprint density at radius 3 is 2.38 bits per heavy atom. The largest absolute Gasteiger partial charge is 0.493 e. The van der Waals surface area contributed by atoms with E-state index in [0.29, 0.717) is 16.1 Å². The molecule has 0 heterocycles. The van der Waals surface area contributed by atoms with Gasteiger partial charge in [-0.3, -0.25) is 0 Å². The van der Waals surface area contributed by atoms with E-state index in [1.54, 1.807) is 12.1 Å². The van der Waals surface area contributed by atoms with Crippen LogP contribution in [0.5, 0.6) is 5.75 Å². The summed E-state index contributed by atoms with van der Waals surface area (Å²) in [6.45, 7) is 0.723. The molecule has 1 aliphatic rings. The minimum absolute atomic E-state index is 0. The number of benzene rings is 1. The van der Waals surface area contributed by atoms with Gasteiger partial charge in [0.05, 0.1) is 11.1 Å². The van der Waals surface area contributed by atoms with Gasteiger partial charge in [0.2, 0.25) is 0 Å². The van der Waals surface area contributed by atoms with Crippen LogP contribution in [0.15, 0.2) is 22.7 Å². The van der Waals surface area contributed by atoms with Crippen molar-refractivity contribution < 1.29 is 107 Å². The molecule has 79 valence electrons. The molecular weight excluding hydrogens is 502 g/mol. The van der Waals surface area contributed by atoms with Crippen LogP contribution in [0.4, 0.5) is 4.39 Å². The van der Waals surface area contributed by atoms with Crippen LogP contribution in [0.25, 0.3) is 0 Å². The minimum Gasteiger partial charge on any atom is -0.493 e. The van der Waals surface area contributed by atoms with Crippen molar-refractivity contribution in [3.63, 3.8) is 0 Å². The normalized spacial score (nSPS) is 12.9. The van der Waals surface area contributed by atoms with Crippen molar-refractivity contribution in [2.75, 3.05) is 6.61 Å². The Morgan fingerprint density at radius 2 is 1.88 bits per heavy atom. The van der Waals surface area contributed by atoms with Gasteiger partial charge in [0.1, 0.15) is 11.6 Å². The summed E-state index contributed by atoms with van der Waals surface area (Å²) >= 11 is 3.09. The molecule has 0 aromatic heterocycles. The van der Waals surface area contributed by atoms with Gasteiger partial charge in [0, 0.05) is 104 Å². The molecule has 1 aliphatic carbocycles. The minimum atomic E-state index is -0.270. The summed E-state index contributed by atoms with van der Waals surface area (Å²) in [5.41, 5.74) is 0. The summed E-state index contributed by atoms with van der Waals surface area (Å²) in [6.07, 6.45) is 2.50. The van der Waals surface area contributed by atoms with E-state index in [1.807, 2.05) is 0 Å². The molecule has 16 heavy (non-hydrogen) atoms. The van der Waals surface area contributed by atoms with E-state index in [2.05, 4.69) is 15.9 Å². The van der Waals surface area contributed by atoms with Crippen LogP contribution in [-0.2, 0) is 98.1 Å². The average Bonchev–Trinajstić information content (AvgIpc) is 2.91. The number of hydrogen-bond donors (Lipinski definition) is 0. The molecule has 1 aromatic carbocycles. The molecule has 0 aliphatic heterocycles. The Bertz CT molecular complexity index is 321. The molecule has 0 N–H and O–H groups in total. The first-order valence-electron chi connectivity index (χ1n) is 4.33. The standard InChI is InChI=1S/C10H10BrFO.3Y/c11-9-4-3-8(5-10(9)12)13-6-7-1-2-7;;;/h3-5,7H,1-2,6H2;;;. The van der Waals surface area contributed by atoms with E-state index in [9.17, 15) is 4.39 Å². The number of hydrogen-bond acceptors (Lipinski definition) is 1. The first kappa shape index (κ1) is 21.0. The van der Waals surface area contributed by atoms with Crippen LogP contribution < -0.4 is 4.74 Å². The maximum absolute atomic E-state index is 13.0. The van der Waals surface area contributed by atoms with Crippen molar-refractivity contribution in [1.82, 2.24) is 0 Å². The fraction of sp³-hybridized carbons (Fsp3) is 0.400. The van der Waals surface area contributed by atoms with Crippen LogP contribution >= 0.6 is 15.9 Å². The smallest absolute Gasteiger partial charge is 0.141 e. The SMILES string of the molecule is Fc1cc(OCC2CC2)ccc1Br.[Y].[Y].[Y]. The van der Waals surface area contributed by atoms with E-state index >= 15 is 0 Å². The van der Waals surface area contributed by atoms with Crippen molar-refractivity contribution in [1.29, 1.82) is 0 Å². The Hall–Kier alpha value is 2.74. The molecule has 3 radical (unpaired) electrons. The van der Waals surface area contributed by atoms with E-state index in [4.69, 9.17) is 4.74 Å². The zero-order chi connectivity index (χ0) is 9.26. The Morgan fingerprint density at radius 1 is 1.25 bits per heavy atom. The first-order chi connectivity index (χ1) is 6.25. The van der Waals surface area contributed by atoms with Gasteiger partial charge in [-0.15, -0.1) is 0 Å². The monoisotopic (exact) mass is 511 g/mol. The molecule has 0 bridgehead atoms. The fourth-order valence-electron chi connectivity index (χ4n) is 1.07. The number of ether oxygens (including phenoxy) is 1. The zero-order valence-corrected chi connectivity index (χ0v) is 18.9. The van der Waals surface area contributed by atoms with Crippen molar-refractivity contribution in [2.45, 2.75) is 12.8 Å². The molecule has 1 saturated carbocycles. The number of rotatable bonds is 3. The summed E-state index contributed by atoms with van der Waals surface area (Å²) in [5, 5.41) is 0. The third-order valence-corrected chi connectivity index (χ3v) is 2.72. The van der Waals surface area contributed by atoms with Crippen molar-refractivity contribution >= 4 is 15.9 Å². The van der Waals surface area contributed by atoms with Gasteiger partial charge in [0.15, 0.2) is 0 Å². The third kappa shape index (κ3) is 7.36. The zero-order valence-electron chi connectivity index (χ0n) is 8.83. The van der Waals surface area contributed by atoms with E-state index in [1.165, 1.54) is 18.9 Å². The second-order valence-corrected chi connectivity index (χ2v) is 4.18. The van der Waals surface area contributed by atoms with Gasteiger partial charge < -0.3 is 4.74 Å². The molecule has 0 amide bonds. The fourth-order valence-corrected chi connectivity index (χ4v) is 1.31. The van der Waals surface area contributed by atoms with Gasteiger partial charge in [0.25, 0.3) is 0 Å². The molecule has 0 saturated heterocycles. The van der Waals surface area contributed by atoms with Crippen LogP contribution in [0.1, 0.15) is 12.8 Å². The Kier molecular flexibility index (Phi) is 13.8. The van der Waals surface area contributed by atoms with Crippen molar-refractivity contribution in [3.05, 3.63) is 28.5 Å². The summed E-state index contributed by atoms with van der Waals surface area (Å²) < 4.78 is 18.9. The van der Waals surface area contributed by atoms with Gasteiger partial charge >= 0.3 is 0 Å². The second kappa shape index (κ2) is 10.5. The topological polar surface area (TPSA) is 9.23 Å². The molecule has 1 aromatic rings. The maximum atomic E-state index is 13.0. The summed E-state index contributed by atoms with van der Waals surface area (Å²) in [4.78, 5) is 0. The molecule has 0 unspecified atom stereocenters. The molecule has 0 atom stereocenters. The van der Waals surface area contributed by atoms with E-state index in [0.717, 1.165) is 6.61 Å². The number of halogens is 2. The molecule has 1 nitrogen and oxygen atoms in total. The predicted molar refractivity (Wildman–Crippen MR) is 52.3 cm³/mol. The van der Waals surface area contributed by atoms with Crippen molar-refractivity contribution in [2.24, 2.45) is 5.92 Å². The van der Waals surface area contributed by atoms with Crippen molar-refractivity contribution in [3.8, 4) is 5.75 Å². The van der Waals surface area contributed by atoms with Gasteiger partial charge in [-0.25, -0.2) is 4.39 Å². The first-order valence-corrected chi connectivity index (χ1v) is 5.13. The van der Waals surface area contributed by atoms with Gasteiger partial charge in [-0.2, -0.15) is 0 Å². The molecule has 1 fully saturated rings. The Labute approximate surface area is 179 Å². The molecule has 2 rings (SSSR count). The molecular formula is C10H10BrFOY3. The second-order valence-electron chi connectivity index (χ2n) is 3.33. The van der Waals surface area contributed by atoms with E-state index < -0.39 is 0 Å². The molecule has 0 spiro atoms. The van der Waals surface area contributed by atoms with Gasteiger partial charge in [-0.05, 0) is 46.8 Å². The van der Waals surface area contributed by atoms with Crippen LogP contribution in [-0.4, -0.2) is 6.61 Å². The Balaban J connectivity index is 0. The predicted octanol–water partition coefficient (Wildman–Crippen LogP) is 3.37. The summed E-state index contributed by atoms with van der Waals surface area (Å²) in [7, 11) is 0. The maximum Gasteiger partial charge on any atom is 0.141 e. The van der Waals surface area contributed by atoms with Crippen LogP contribution in [0, 0.1) is 11.7 Å².